The molecule has 3 heteroatoms. The van der Waals surface area contributed by atoms with Crippen molar-refractivity contribution in [3.8, 4) is 0 Å². The molecule has 12 heavy (non-hydrogen) atoms. The lowest BCUT2D eigenvalue weighted by Gasteiger charge is -2.29. The minimum Gasteiger partial charge on any atom is -0.381 e. The summed E-state index contributed by atoms with van der Waals surface area (Å²) in [7, 11) is 0. The Morgan fingerprint density at radius 1 is 1.50 bits per heavy atom. The van der Waals surface area contributed by atoms with Crippen molar-refractivity contribution in [3.63, 3.8) is 0 Å². The molecule has 0 spiro atoms. The zero-order chi connectivity index (χ0) is 8.23. The lowest BCUT2D eigenvalue weighted by Crippen LogP contribution is -2.43. The maximum absolute atomic E-state index is 5.35. The normalized spacial score (nSPS) is 32.5. The number of nitrogens with one attached hydrogen (secondary N) is 1. The van der Waals surface area contributed by atoms with Gasteiger partial charge >= 0.3 is 0 Å². The molecule has 0 aliphatic carbocycles. The van der Waals surface area contributed by atoms with Crippen LogP contribution in [0.5, 0.6) is 0 Å². The van der Waals surface area contributed by atoms with Crippen molar-refractivity contribution in [1.82, 2.24) is 10.2 Å². The minimum atomic E-state index is 0.796. The predicted octanol–water partition coefficient (Wildman–Crippen LogP) is 0.276. The van der Waals surface area contributed by atoms with E-state index in [1.807, 2.05) is 0 Å². The molecule has 2 rings (SSSR count). The Morgan fingerprint density at radius 2 is 2.50 bits per heavy atom. The average Bonchev–Trinajstić information content (AvgIpc) is 2.59. The van der Waals surface area contributed by atoms with Gasteiger partial charge < -0.3 is 10.1 Å². The molecular formula is C9H18N2O. The van der Waals surface area contributed by atoms with Crippen molar-refractivity contribution in [2.24, 2.45) is 5.92 Å². The molecule has 0 bridgehead atoms. The van der Waals surface area contributed by atoms with Crippen LogP contribution in [-0.2, 0) is 4.74 Å². The minimum absolute atomic E-state index is 0.796. The van der Waals surface area contributed by atoms with Crippen molar-refractivity contribution in [2.45, 2.75) is 12.8 Å². The van der Waals surface area contributed by atoms with Gasteiger partial charge in [0.1, 0.15) is 0 Å². The first-order valence-electron chi connectivity index (χ1n) is 4.96. The summed E-state index contributed by atoms with van der Waals surface area (Å²) in [5.74, 6) is 0.796. The van der Waals surface area contributed by atoms with E-state index in [0.717, 1.165) is 25.8 Å². The van der Waals surface area contributed by atoms with E-state index >= 15 is 0 Å². The van der Waals surface area contributed by atoms with Crippen LogP contribution in [0.3, 0.4) is 0 Å². The van der Waals surface area contributed by atoms with Crippen LogP contribution in [-0.4, -0.2) is 44.4 Å². The van der Waals surface area contributed by atoms with Crippen molar-refractivity contribution >= 4 is 0 Å². The molecule has 2 saturated heterocycles. The fourth-order valence-corrected chi connectivity index (χ4v) is 1.99. The number of ether oxygens (including phenoxy) is 1. The van der Waals surface area contributed by atoms with Crippen LogP contribution in [0, 0.1) is 5.92 Å². The van der Waals surface area contributed by atoms with E-state index in [4.69, 9.17) is 4.74 Å². The molecule has 70 valence electrons. The van der Waals surface area contributed by atoms with E-state index in [2.05, 4.69) is 10.2 Å². The molecule has 2 heterocycles. The highest BCUT2D eigenvalue weighted by atomic mass is 16.5. The third-order valence-electron chi connectivity index (χ3n) is 2.70. The van der Waals surface area contributed by atoms with Gasteiger partial charge in [-0.2, -0.15) is 0 Å². The molecule has 0 aromatic heterocycles. The average molecular weight is 170 g/mol. The van der Waals surface area contributed by atoms with Gasteiger partial charge in [0.25, 0.3) is 0 Å². The van der Waals surface area contributed by atoms with E-state index in [1.54, 1.807) is 0 Å². The molecule has 1 N–H and O–H groups in total. The second-order valence-electron chi connectivity index (χ2n) is 3.82. The van der Waals surface area contributed by atoms with Gasteiger partial charge in [0.15, 0.2) is 0 Å². The van der Waals surface area contributed by atoms with Crippen LogP contribution < -0.4 is 5.32 Å². The molecule has 0 saturated carbocycles. The summed E-state index contributed by atoms with van der Waals surface area (Å²) < 4.78 is 5.35. The van der Waals surface area contributed by atoms with Gasteiger partial charge in [0.05, 0.1) is 6.61 Å². The smallest absolute Gasteiger partial charge is 0.0507 e. The van der Waals surface area contributed by atoms with E-state index in [1.165, 1.54) is 32.5 Å². The van der Waals surface area contributed by atoms with Crippen LogP contribution in [0.15, 0.2) is 0 Å². The maximum Gasteiger partial charge on any atom is 0.0507 e. The Morgan fingerprint density at radius 3 is 3.17 bits per heavy atom. The van der Waals surface area contributed by atoms with Gasteiger partial charge in [-0.1, -0.05) is 0 Å². The quantitative estimate of drug-likeness (QED) is 0.644. The molecule has 2 aliphatic heterocycles. The summed E-state index contributed by atoms with van der Waals surface area (Å²) in [5.41, 5.74) is 0. The van der Waals surface area contributed by atoms with Crippen LogP contribution in [0.25, 0.3) is 0 Å². The van der Waals surface area contributed by atoms with Crippen molar-refractivity contribution < 1.29 is 4.74 Å². The van der Waals surface area contributed by atoms with Gasteiger partial charge in [-0.3, -0.25) is 4.90 Å². The molecule has 0 radical (unpaired) electrons. The largest absolute Gasteiger partial charge is 0.381 e. The predicted molar refractivity (Wildman–Crippen MR) is 48.0 cm³/mol. The molecule has 0 aromatic carbocycles. The van der Waals surface area contributed by atoms with Crippen molar-refractivity contribution in [1.29, 1.82) is 0 Å². The molecule has 1 unspecified atom stereocenters. The molecule has 0 aromatic rings. The molecule has 2 fully saturated rings. The van der Waals surface area contributed by atoms with Crippen molar-refractivity contribution in [2.75, 3.05) is 39.5 Å². The number of nitrogens with zero attached hydrogens (tertiary/aromatic N) is 1. The van der Waals surface area contributed by atoms with Crippen LogP contribution in [0.4, 0.5) is 0 Å². The van der Waals surface area contributed by atoms with Gasteiger partial charge in [-0.25, -0.2) is 0 Å². The van der Waals surface area contributed by atoms with E-state index in [9.17, 15) is 0 Å². The van der Waals surface area contributed by atoms with E-state index in [-0.39, 0.29) is 0 Å². The standard InChI is InChI=1S/C9H18N2O/c1-3-10-8-11(4-1)6-9-2-5-12-7-9/h9-10H,1-8H2. The fourth-order valence-electron chi connectivity index (χ4n) is 1.99. The number of hydrogen-bond donors (Lipinski definition) is 1. The molecule has 0 amide bonds. The maximum atomic E-state index is 5.35. The number of hydrogen-bond acceptors (Lipinski definition) is 3. The summed E-state index contributed by atoms with van der Waals surface area (Å²) in [6, 6.07) is 0. The summed E-state index contributed by atoms with van der Waals surface area (Å²) in [5, 5.41) is 3.39. The summed E-state index contributed by atoms with van der Waals surface area (Å²) in [6.45, 7) is 6.73. The summed E-state index contributed by atoms with van der Waals surface area (Å²) in [4.78, 5) is 2.50. The lowest BCUT2D eigenvalue weighted by atomic mass is 10.1. The Kier molecular flexibility index (Phi) is 2.98. The summed E-state index contributed by atoms with van der Waals surface area (Å²) in [6.07, 6.45) is 2.56. The SMILES string of the molecule is C1CNCN(CC2CCOC2)C1. The van der Waals surface area contributed by atoms with Gasteiger partial charge in [0.2, 0.25) is 0 Å². The molecular weight excluding hydrogens is 152 g/mol. The highest BCUT2D eigenvalue weighted by Gasteiger charge is 2.19. The Balaban J connectivity index is 1.69. The lowest BCUT2D eigenvalue weighted by molar-refractivity contribution is 0.152. The van der Waals surface area contributed by atoms with E-state index in [0.29, 0.717) is 0 Å². The second-order valence-corrected chi connectivity index (χ2v) is 3.82. The van der Waals surface area contributed by atoms with Gasteiger partial charge in [-0.05, 0) is 25.3 Å². The first-order valence-corrected chi connectivity index (χ1v) is 4.96. The third kappa shape index (κ3) is 2.19. The van der Waals surface area contributed by atoms with Crippen LogP contribution >= 0.6 is 0 Å². The molecule has 1 atom stereocenters. The molecule has 2 aliphatic rings. The second kappa shape index (κ2) is 4.21. The van der Waals surface area contributed by atoms with E-state index < -0.39 is 0 Å². The van der Waals surface area contributed by atoms with Crippen LogP contribution in [0.2, 0.25) is 0 Å². The van der Waals surface area contributed by atoms with Crippen LogP contribution in [0.1, 0.15) is 12.8 Å². The Hall–Kier alpha value is -0.120. The van der Waals surface area contributed by atoms with Gasteiger partial charge in [0, 0.05) is 26.4 Å². The first kappa shape index (κ1) is 8.48. The topological polar surface area (TPSA) is 24.5 Å². The third-order valence-corrected chi connectivity index (χ3v) is 2.70. The molecule has 3 nitrogen and oxygen atoms in total. The highest BCUT2D eigenvalue weighted by Crippen LogP contribution is 2.14. The Bertz CT molecular complexity index is 128. The fraction of sp³-hybridized carbons (Fsp3) is 1.00. The zero-order valence-electron chi connectivity index (χ0n) is 7.59. The van der Waals surface area contributed by atoms with Crippen molar-refractivity contribution in [3.05, 3.63) is 0 Å². The zero-order valence-corrected chi connectivity index (χ0v) is 7.59. The Labute approximate surface area is 74.1 Å². The first-order chi connectivity index (χ1) is 5.95. The monoisotopic (exact) mass is 170 g/mol. The highest BCUT2D eigenvalue weighted by molar-refractivity contribution is 4.71. The summed E-state index contributed by atoms with van der Waals surface area (Å²) >= 11 is 0. The number of rotatable bonds is 2. The van der Waals surface area contributed by atoms with Gasteiger partial charge in [-0.15, -0.1) is 0 Å².